The van der Waals surface area contributed by atoms with E-state index in [9.17, 15) is 10.2 Å². The molecule has 3 N–H and O–H groups in total. The van der Waals surface area contributed by atoms with Crippen LogP contribution < -0.4 is 5.32 Å². The van der Waals surface area contributed by atoms with E-state index in [0.29, 0.717) is 11.8 Å². The summed E-state index contributed by atoms with van der Waals surface area (Å²) in [5.41, 5.74) is 1.77. The molecule has 2 rings (SSSR count). The molecule has 0 radical (unpaired) electrons. The lowest BCUT2D eigenvalue weighted by molar-refractivity contribution is 0.139. The van der Waals surface area contributed by atoms with Crippen LogP contribution in [0.4, 0.5) is 0 Å². The van der Waals surface area contributed by atoms with Gasteiger partial charge in [0.1, 0.15) is 0 Å². The molecule has 4 heteroatoms. The predicted molar refractivity (Wildman–Crippen MR) is 123 cm³/mol. The van der Waals surface area contributed by atoms with E-state index in [1.165, 1.54) is 12.8 Å². The third kappa shape index (κ3) is 7.82. The number of hydrogen-bond donors (Lipinski definition) is 3. The van der Waals surface area contributed by atoms with Gasteiger partial charge in [0.15, 0.2) is 0 Å². The Morgan fingerprint density at radius 1 is 1.28 bits per heavy atom. The normalized spacial score (nSPS) is 28.3. The number of aliphatic hydroxyl groups is 2. The minimum atomic E-state index is -0.364. The number of hydrogen-bond acceptors (Lipinski definition) is 4. The Bertz CT molecular complexity index is 537. The predicted octanol–water partition coefficient (Wildman–Crippen LogP) is 4.14. The lowest BCUT2D eigenvalue weighted by Crippen LogP contribution is -2.42. The number of unbranched alkanes of at least 4 members (excludes halogenated alkanes) is 2. The van der Waals surface area contributed by atoms with Gasteiger partial charge in [-0.1, -0.05) is 50.0 Å². The summed E-state index contributed by atoms with van der Waals surface area (Å²) in [4.78, 5) is 2.38. The van der Waals surface area contributed by atoms with Crippen LogP contribution in [0.2, 0.25) is 0 Å². The van der Waals surface area contributed by atoms with Gasteiger partial charge in [0.2, 0.25) is 0 Å². The van der Waals surface area contributed by atoms with Crippen molar-refractivity contribution in [3.05, 3.63) is 23.8 Å². The number of rotatable bonds is 12. The summed E-state index contributed by atoms with van der Waals surface area (Å²) in [5, 5.41) is 24.3. The molecule has 0 aromatic carbocycles. The van der Waals surface area contributed by atoms with Crippen LogP contribution in [0, 0.1) is 17.8 Å². The molecule has 0 spiro atoms. The van der Waals surface area contributed by atoms with Crippen LogP contribution in [-0.2, 0) is 0 Å². The van der Waals surface area contributed by atoms with Gasteiger partial charge in [-0.15, -0.1) is 0 Å². The van der Waals surface area contributed by atoms with E-state index in [1.807, 2.05) is 6.08 Å². The highest BCUT2D eigenvalue weighted by molar-refractivity contribution is 5.21. The summed E-state index contributed by atoms with van der Waals surface area (Å²) in [7, 11) is 2.18. The molecule has 0 bridgehead atoms. The zero-order valence-corrected chi connectivity index (χ0v) is 19.5. The molecule has 0 unspecified atom stereocenters. The Balaban J connectivity index is 1.71. The number of fused-ring (bicyclic) bond motifs is 1. The van der Waals surface area contributed by atoms with E-state index >= 15 is 0 Å². The van der Waals surface area contributed by atoms with Crippen molar-refractivity contribution < 1.29 is 10.2 Å². The second-order valence-corrected chi connectivity index (χ2v) is 10.3. The van der Waals surface area contributed by atoms with Crippen molar-refractivity contribution in [2.24, 2.45) is 17.8 Å². The molecule has 1 saturated carbocycles. The van der Waals surface area contributed by atoms with E-state index in [1.54, 1.807) is 5.57 Å². The summed E-state index contributed by atoms with van der Waals surface area (Å²) in [6.45, 7) is 12.0. The molecule has 168 valence electrons. The van der Waals surface area contributed by atoms with E-state index in [4.69, 9.17) is 0 Å². The smallest absolute Gasteiger partial charge is 0.0721 e. The summed E-state index contributed by atoms with van der Waals surface area (Å²) in [5.74, 6) is 1.23. The number of nitrogens with zero attached hydrogens (tertiary/aromatic N) is 1. The Morgan fingerprint density at radius 2 is 2.03 bits per heavy atom. The first-order valence-corrected chi connectivity index (χ1v) is 11.9. The SMILES string of the molecule is CCCCC[C@H](O)C=C[C@@H]1[C@H]2CC(CCNCCN(C)C(C)(C)C)=C[C@H]2C[C@H]1O. The zero-order valence-electron chi connectivity index (χ0n) is 19.5. The Hall–Kier alpha value is -0.680. The van der Waals surface area contributed by atoms with E-state index in [0.717, 1.165) is 51.7 Å². The summed E-state index contributed by atoms with van der Waals surface area (Å²) in [6, 6.07) is 0. The van der Waals surface area contributed by atoms with Crippen LogP contribution in [0.3, 0.4) is 0 Å². The fourth-order valence-corrected chi connectivity index (χ4v) is 4.70. The first-order valence-electron chi connectivity index (χ1n) is 11.9. The van der Waals surface area contributed by atoms with Gasteiger partial charge in [-0.25, -0.2) is 0 Å². The second-order valence-electron chi connectivity index (χ2n) is 10.3. The molecular weight excluding hydrogens is 360 g/mol. The first-order chi connectivity index (χ1) is 13.7. The molecule has 2 aliphatic carbocycles. The average molecular weight is 407 g/mol. The molecule has 2 aliphatic rings. The highest BCUT2D eigenvalue weighted by Gasteiger charge is 2.43. The third-order valence-corrected chi connectivity index (χ3v) is 7.00. The minimum absolute atomic E-state index is 0.197. The Morgan fingerprint density at radius 3 is 2.72 bits per heavy atom. The lowest BCUT2D eigenvalue weighted by Gasteiger charge is -2.31. The fourth-order valence-electron chi connectivity index (χ4n) is 4.70. The summed E-state index contributed by atoms with van der Waals surface area (Å²) < 4.78 is 0. The molecule has 1 fully saturated rings. The Kier molecular flexibility index (Phi) is 9.87. The van der Waals surface area contributed by atoms with Gasteiger partial charge in [0.05, 0.1) is 12.2 Å². The van der Waals surface area contributed by atoms with Crippen LogP contribution in [0.15, 0.2) is 23.8 Å². The molecule has 0 aromatic rings. The lowest BCUT2D eigenvalue weighted by atomic mass is 9.88. The fraction of sp³-hybridized carbons (Fsp3) is 0.840. The molecule has 4 nitrogen and oxygen atoms in total. The van der Waals surface area contributed by atoms with E-state index < -0.39 is 0 Å². The second kappa shape index (κ2) is 11.6. The number of likely N-dealkylation sites (N-methyl/N-ethyl adjacent to an activating group) is 1. The molecular formula is C25H46N2O2. The molecule has 0 aliphatic heterocycles. The highest BCUT2D eigenvalue weighted by Crippen LogP contribution is 2.47. The third-order valence-electron chi connectivity index (χ3n) is 7.00. The largest absolute Gasteiger partial charge is 0.392 e. The topological polar surface area (TPSA) is 55.7 Å². The van der Waals surface area contributed by atoms with E-state index in [2.05, 4.69) is 57.1 Å². The van der Waals surface area contributed by atoms with Crippen LogP contribution >= 0.6 is 0 Å². The zero-order chi connectivity index (χ0) is 21.4. The monoisotopic (exact) mass is 406 g/mol. The van der Waals surface area contributed by atoms with Crippen LogP contribution in [-0.4, -0.2) is 59.5 Å². The molecule has 0 saturated heterocycles. The Labute approximate surface area is 179 Å². The maximum Gasteiger partial charge on any atom is 0.0721 e. The summed E-state index contributed by atoms with van der Waals surface area (Å²) in [6.07, 6.45) is 13.2. The summed E-state index contributed by atoms with van der Waals surface area (Å²) >= 11 is 0. The standard InChI is InChI=1S/C25H46N2O2/c1-6-7-8-9-21(28)10-11-22-23-17-19(16-20(23)18-24(22)29)12-13-26-14-15-27(5)25(2,3)4/h10-11,16,20-24,26,28-29H,6-9,12-15,17-18H2,1-5H3/t20-,21-,22+,23-,24+/m0/s1. The van der Waals surface area contributed by atoms with Crippen molar-refractivity contribution in [3.8, 4) is 0 Å². The molecule has 5 atom stereocenters. The van der Waals surface area contributed by atoms with Crippen LogP contribution in [0.1, 0.15) is 72.6 Å². The van der Waals surface area contributed by atoms with Gasteiger partial charge in [0.25, 0.3) is 0 Å². The van der Waals surface area contributed by atoms with Crippen molar-refractivity contribution >= 4 is 0 Å². The molecule has 0 aromatic heterocycles. The number of allylic oxidation sites excluding steroid dienone is 1. The van der Waals surface area contributed by atoms with Gasteiger partial charge in [-0.3, -0.25) is 0 Å². The van der Waals surface area contributed by atoms with Crippen LogP contribution in [0.5, 0.6) is 0 Å². The quantitative estimate of drug-likeness (QED) is 0.337. The minimum Gasteiger partial charge on any atom is -0.392 e. The molecule has 0 amide bonds. The van der Waals surface area contributed by atoms with Crippen molar-refractivity contribution in [1.29, 1.82) is 0 Å². The van der Waals surface area contributed by atoms with Crippen molar-refractivity contribution in [3.63, 3.8) is 0 Å². The molecule has 29 heavy (non-hydrogen) atoms. The molecule has 0 heterocycles. The van der Waals surface area contributed by atoms with Gasteiger partial charge in [-0.05, 0) is 71.9 Å². The maximum atomic E-state index is 10.5. The first kappa shape index (κ1) is 24.6. The van der Waals surface area contributed by atoms with Crippen molar-refractivity contribution in [1.82, 2.24) is 10.2 Å². The number of nitrogens with one attached hydrogen (secondary N) is 1. The number of aliphatic hydroxyl groups excluding tert-OH is 2. The van der Waals surface area contributed by atoms with Gasteiger partial charge < -0.3 is 20.4 Å². The van der Waals surface area contributed by atoms with Crippen molar-refractivity contribution in [2.75, 3.05) is 26.7 Å². The maximum absolute atomic E-state index is 10.5. The van der Waals surface area contributed by atoms with Gasteiger partial charge in [0, 0.05) is 24.5 Å². The highest BCUT2D eigenvalue weighted by atomic mass is 16.3. The van der Waals surface area contributed by atoms with Crippen LogP contribution in [0.25, 0.3) is 0 Å². The van der Waals surface area contributed by atoms with Crippen molar-refractivity contribution in [2.45, 2.75) is 90.4 Å². The van der Waals surface area contributed by atoms with E-state index in [-0.39, 0.29) is 23.7 Å². The van der Waals surface area contributed by atoms with Gasteiger partial charge in [-0.2, -0.15) is 0 Å². The van der Waals surface area contributed by atoms with Gasteiger partial charge >= 0.3 is 0 Å². The average Bonchev–Trinajstić information content (AvgIpc) is 3.15.